The fraction of sp³-hybridized carbons (Fsp3) is 0.286. The van der Waals surface area contributed by atoms with Crippen LogP contribution in [0.25, 0.3) is 0 Å². The van der Waals surface area contributed by atoms with Gasteiger partial charge in [0.25, 0.3) is 5.91 Å². The molecule has 1 aliphatic rings. The molecular formula is C14H14N4O3. The van der Waals surface area contributed by atoms with Gasteiger partial charge in [0, 0.05) is 25.4 Å². The SMILES string of the molecule is Cc1cc(C(=O)N2CC(C(=O)Nc3cccnc3)C2)no1. The minimum Gasteiger partial charge on any atom is -0.361 e. The van der Waals surface area contributed by atoms with E-state index < -0.39 is 0 Å². The number of aromatic nitrogens is 2. The van der Waals surface area contributed by atoms with Gasteiger partial charge in [0.15, 0.2) is 5.69 Å². The lowest BCUT2D eigenvalue weighted by molar-refractivity contribution is -0.123. The van der Waals surface area contributed by atoms with E-state index in [2.05, 4.69) is 15.5 Å². The van der Waals surface area contributed by atoms with Crippen LogP contribution in [0, 0.1) is 12.8 Å². The number of hydrogen-bond acceptors (Lipinski definition) is 5. The molecule has 3 heterocycles. The zero-order chi connectivity index (χ0) is 14.8. The van der Waals surface area contributed by atoms with E-state index in [4.69, 9.17) is 4.52 Å². The molecule has 1 N–H and O–H groups in total. The summed E-state index contributed by atoms with van der Waals surface area (Å²) in [5.74, 6) is 0.0626. The maximum atomic E-state index is 12.0. The number of carbonyl (C=O) groups excluding carboxylic acids is 2. The minimum atomic E-state index is -0.211. The molecule has 21 heavy (non-hydrogen) atoms. The predicted molar refractivity (Wildman–Crippen MR) is 73.5 cm³/mol. The first-order chi connectivity index (χ1) is 10.1. The molecule has 2 aromatic heterocycles. The molecule has 2 aromatic rings. The Morgan fingerprint density at radius 1 is 1.43 bits per heavy atom. The monoisotopic (exact) mass is 286 g/mol. The highest BCUT2D eigenvalue weighted by atomic mass is 16.5. The summed E-state index contributed by atoms with van der Waals surface area (Å²) in [4.78, 5) is 29.5. The quantitative estimate of drug-likeness (QED) is 0.912. The molecule has 0 spiro atoms. The zero-order valence-electron chi connectivity index (χ0n) is 11.4. The first-order valence-electron chi connectivity index (χ1n) is 6.57. The maximum Gasteiger partial charge on any atom is 0.276 e. The third kappa shape index (κ3) is 2.76. The first-order valence-corrected chi connectivity index (χ1v) is 6.57. The second kappa shape index (κ2) is 5.35. The van der Waals surface area contributed by atoms with E-state index in [1.54, 1.807) is 42.4 Å². The molecule has 1 fully saturated rings. The Morgan fingerprint density at radius 2 is 2.24 bits per heavy atom. The van der Waals surface area contributed by atoms with Crippen LogP contribution in [-0.2, 0) is 4.79 Å². The average molecular weight is 286 g/mol. The van der Waals surface area contributed by atoms with E-state index in [0.29, 0.717) is 24.5 Å². The van der Waals surface area contributed by atoms with E-state index in [1.807, 2.05) is 0 Å². The molecular weight excluding hydrogens is 272 g/mol. The Balaban J connectivity index is 1.53. The summed E-state index contributed by atoms with van der Waals surface area (Å²) in [5, 5.41) is 6.45. The number of amides is 2. The molecule has 7 heteroatoms. The van der Waals surface area contributed by atoms with E-state index in [0.717, 1.165) is 0 Å². The molecule has 0 atom stereocenters. The van der Waals surface area contributed by atoms with Crippen LogP contribution in [0.4, 0.5) is 5.69 Å². The van der Waals surface area contributed by atoms with Gasteiger partial charge in [-0.3, -0.25) is 14.6 Å². The largest absolute Gasteiger partial charge is 0.361 e. The van der Waals surface area contributed by atoms with Crippen LogP contribution in [0.15, 0.2) is 35.1 Å². The molecule has 0 saturated carbocycles. The van der Waals surface area contributed by atoms with Gasteiger partial charge in [-0.15, -0.1) is 0 Å². The molecule has 2 amide bonds. The number of carbonyl (C=O) groups is 2. The molecule has 0 bridgehead atoms. The van der Waals surface area contributed by atoms with Gasteiger partial charge in [-0.25, -0.2) is 0 Å². The third-order valence-corrected chi connectivity index (χ3v) is 3.32. The average Bonchev–Trinajstić information content (AvgIpc) is 2.85. The van der Waals surface area contributed by atoms with E-state index >= 15 is 0 Å². The molecule has 0 radical (unpaired) electrons. The van der Waals surface area contributed by atoms with Crippen molar-refractivity contribution in [2.75, 3.05) is 18.4 Å². The first kappa shape index (κ1) is 13.3. The molecule has 0 aliphatic carbocycles. The summed E-state index contributed by atoms with van der Waals surface area (Å²) in [6.07, 6.45) is 3.22. The van der Waals surface area contributed by atoms with Gasteiger partial charge < -0.3 is 14.7 Å². The van der Waals surface area contributed by atoms with Crippen molar-refractivity contribution in [3.05, 3.63) is 42.0 Å². The van der Waals surface area contributed by atoms with Crippen molar-refractivity contribution in [3.63, 3.8) is 0 Å². The normalized spacial score (nSPS) is 14.6. The van der Waals surface area contributed by atoms with Crippen LogP contribution < -0.4 is 5.32 Å². The summed E-state index contributed by atoms with van der Waals surface area (Å²) in [6, 6.07) is 5.11. The van der Waals surface area contributed by atoms with E-state index in [1.165, 1.54) is 0 Å². The Labute approximate surface area is 120 Å². The van der Waals surface area contributed by atoms with E-state index in [-0.39, 0.29) is 23.4 Å². The van der Waals surface area contributed by atoms with Crippen molar-refractivity contribution in [3.8, 4) is 0 Å². The number of rotatable bonds is 3. The highest BCUT2D eigenvalue weighted by Crippen LogP contribution is 2.20. The number of nitrogens with zero attached hydrogens (tertiary/aromatic N) is 3. The molecule has 1 saturated heterocycles. The van der Waals surface area contributed by atoms with E-state index in [9.17, 15) is 9.59 Å². The summed E-state index contributed by atoms with van der Waals surface area (Å²) >= 11 is 0. The third-order valence-electron chi connectivity index (χ3n) is 3.32. The Bertz CT molecular complexity index is 662. The number of anilines is 1. The Kier molecular flexibility index (Phi) is 3.39. The fourth-order valence-electron chi connectivity index (χ4n) is 2.12. The zero-order valence-corrected chi connectivity index (χ0v) is 11.4. The Hall–Kier alpha value is -2.70. The van der Waals surface area contributed by atoms with Crippen molar-refractivity contribution in [1.82, 2.24) is 15.0 Å². The molecule has 108 valence electrons. The van der Waals surface area contributed by atoms with Gasteiger partial charge >= 0.3 is 0 Å². The number of aryl methyl sites for hydroxylation is 1. The topological polar surface area (TPSA) is 88.3 Å². The lowest BCUT2D eigenvalue weighted by atomic mass is 9.98. The lowest BCUT2D eigenvalue weighted by Gasteiger charge is -2.37. The number of nitrogens with one attached hydrogen (secondary N) is 1. The van der Waals surface area contributed by atoms with Gasteiger partial charge in [0.05, 0.1) is 17.8 Å². The van der Waals surface area contributed by atoms with Crippen LogP contribution in [0.2, 0.25) is 0 Å². The van der Waals surface area contributed by atoms with Gasteiger partial charge in [-0.2, -0.15) is 0 Å². The molecule has 0 aromatic carbocycles. The highest BCUT2D eigenvalue weighted by Gasteiger charge is 2.37. The van der Waals surface area contributed by atoms with Gasteiger partial charge in [0.1, 0.15) is 5.76 Å². The molecule has 1 aliphatic heterocycles. The second-order valence-electron chi connectivity index (χ2n) is 4.96. The van der Waals surface area contributed by atoms with Crippen LogP contribution in [0.3, 0.4) is 0 Å². The van der Waals surface area contributed by atoms with Crippen molar-refractivity contribution in [2.45, 2.75) is 6.92 Å². The highest BCUT2D eigenvalue weighted by molar-refractivity contribution is 5.97. The second-order valence-corrected chi connectivity index (χ2v) is 4.96. The molecule has 3 rings (SSSR count). The van der Waals surface area contributed by atoms with Crippen molar-refractivity contribution in [2.24, 2.45) is 5.92 Å². The van der Waals surface area contributed by atoms with Crippen LogP contribution >= 0.6 is 0 Å². The number of hydrogen-bond donors (Lipinski definition) is 1. The predicted octanol–water partition coefficient (Wildman–Crippen LogP) is 1.09. The van der Waals surface area contributed by atoms with Gasteiger partial charge in [-0.1, -0.05) is 5.16 Å². The maximum absolute atomic E-state index is 12.0. The summed E-state index contributed by atoms with van der Waals surface area (Å²) in [5.41, 5.74) is 0.929. The van der Waals surface area contributed by atoms with Crippen molar-refractivity contribution >= 4 is 17.5 Å². The minimum absolute atomic E-state index is 0.108. The standard InChI is InChI=1S/C14H14N4O3/c1-9-5-12(17-21-9)14(20)18-7-10(8-18)13(19)16-11-3-2-4-15-6-11/h2-6,10H,7-8H2,1H3,(H,16,19). The van der Waals surface area contributed by atoms with Gasteiger partial charge in [-0.05, 0) is 19.1 Å². The van der Waals surface area contributed by atoms with Crippen LogP contribution in [-0.4, -0.2) is 39.9 Å². The summed E-state index contributed by atoms with van der Waals surface area (Å²) < 4.78 is 4.87. The fourth-order valence-corrected chi connectivity index (χ4v) is 2.12. The van der Waals surface area contributed by atoms with Crippen molar-refractivity contribution < 1.29 is 14.1 Å². The van der Waals surface area contributed by atoms with Crippen LogP contribution in [0.1, 0.15) is 16.2 Å². The number of likely N-dealkylation sites (tertiary alicyclic amines) is 1. The summed E-state index contributed by atoms with van der Waals surface area (Å²) in [7, 11) is 0. The molecule has 7 nitrogen and oxygen atoms in total. The van der Waals surface area contributed by atoms with Gasteiger partial charge in [0.2, 0.25) is 5.91 Å². The molecule has 0 unspecified atom stereocenters. The van der Waals surface area contributed by atoms with Crippen LogP contribution in [0.5, 0.6) is 0 Å². The Morgan fingerprint density at radius 3 is 2.86 bits per heavy atom. The van der Waals surface area contributed by atoms with Crippen molar-refractivity contribution in [1.29, 1.82) is 0 Å². The number of pyridine rings is 1. The lowest BCUT2D eigenvalue weighted by Crippen LogP contribution is -2.54. The smallest absolute Gasteiger partial charge is 0.276 e. The summed E-state index contributed by atoms with van der Waals surface area (Å²) in [6.45, 7) is 2.50.